The smallest absolute Gasteiger partial charge is 0.318 e. The number of carbonyl (C=O) groups is 2. The van der Waals surface area contributed by atoms with E-state index in [4.69, 9.17) is 9.47 Å². The minimum Gasteiger partial charge on any atom is -0.508 e. The first-order valence-corrected chi connectivity index (χ1v) is 13.2. The van der Waals surface area contributed by atoms with Gasteiger partial charge in [0.2, 0.25) is 0 Å². The molecule has 0 unspecified atom stereocenters. The number of nitrogens with zero attached hydrogens (tertiary/aromatic N) is 2. The van der Waals surface area contributed by atoms with Crippen molar-refractivity contribution >= 4 is 12.3 Å². The van der Waals surface area contributed by atoms with Crippen LogP contribution in [0.15, 0.2) is 72.8 Å². The number of nitrogens with one attached hydrogen (secondary N) is 1. The molecule has 1 aliphatic rings. The third kappa shape index (κ3) is 7.16. The molecule has 1 saturated heterocycles. The molecule has 1 heterocycles. The fourth-order valence-electron chi connectivity index (χ4n) is 5.11. The first-order valence-electron chi connectivity index (χ1n) is 13.2. The molecule has 3 aromatic carbocycles. The number of rotatable bonds is 11. The summed E-state index contributed by atoms with van der Waals surface area (Å²) in [6.45, 7) is 3.10. The normalized spacial score (nSPS) is 14.9. The van der Waals surface area contributed by atoms with Gasteiger partial charge >= 0.3 is 6.03 Å². The second-order valence-electron chi connectivity index (χ2n) is 9.90. The van der Waals surface area contributed by atoms with E-state index in [1.54, 1.807) is 31.3 Å². The summed E-state index contributed by atoms with van der Waals surface area (Å²) in [6, 6.07) is 22.8. The summed E-state index contributed by atoms with van der Waals surface area (Å²) in [4.78, 5) is 29.8. The van der Waals surface area contributed by atoms with Crippen LogP contribution in [0.1, 0.15) is 24.0 Å². The molecular weight excluding hydrogens is 494 g/mol. The van der Waals surface area contributed by atoms with Gasteiger partial charge in [0.1, 0.15) is 23.3 Å². The Balaban J connectivity index is 1.41. The second kappa shape index (κ2) is 13.3. The molecule has 0 aliphatic carbocycles. The van der Waals surface area contributed by atoms with Gasteiger partial charge in [-0.2, -0.15) is 0 Å². The third-order valence-corrected chi connectivity index (χ3v) is 7.33. The molecule has 206 valence electrons. The number of piperidine rings is 1. The van der Waals surface area contributed by atoms with E-state index < -0.39 is 5.54 Å². The number of phenolic OH excluding ortho intramolecular Hbond substituents is 1. The minimum absolute atomic E-state index is 0.240. The fraction of sp³-hybridized carbons (Fsp3) is 0.355. The summed E-state index contributed by atoms with van der Waals surface area (Å²) < 4.78 is 10.5. The van der Waals surface area contributed by atoms with Gasteiger partial charge in [-0.15, -0.1) is 0 Å². The largest absolute Gasteiger partial charge is 0.508 e. The van der Waals surface area contributed by atoms with Crippen molar-refractivity contribution in [1.29, 1.82) is 0 Å². The van der Waals surface area contributed by atoms with Gasteiger partial charge in [-0.25, -0.2) is 4.79 Å². The fourth-order valence-corrected chi connectivity index (χ4v) is 5.11. The van der Waals surface area contributed by atoms with E-state index in [9.17, 15) is 14.7 Å². The third-order valence-electron chi connectivity index (χ3n) is 7.33. The van der Waals surface area contributed by atoms with Gasteiger partial charge in [0.05, 0.1) is 13.7 Å². The van der Waals surface area contributed by atoms with Crippen LogP contribution in [0.2, 0.25) is 0 Å². The summed E-state index contributed by atoms with van der Waals surface area (Å²) >= 11 is 0. The summed E-state index contributed by atoms with van der Waals surface area (Å²) in [5.41, 5.74) is 3.18. The lowest BCUT2D eigenvalue weighted by Crippen LogP contribution is -2.61. The molecule has 0 radical (unpaired) electrons. The molecule has 0 bridgehead atoms. The number of benzene rings is 3. The van der Waals surface area contributed by atoms with E-state index in [2.05, 4.69) is 22.3 Å². The zero-order valence-corrected chi connectivity index (χ0v) is 22.6. The van der Waals surface area contributed by atoms with Crippen molar-refractivity contribution in [3.8, 4) is 22.6 Å². The molecule has 1 fully saturated rings. The Labute approximate surface area is 230 Å². The maximum Gasteiger partial charge on any atom is 0.318 e. The second-order valence-corrected chi connectivity index (χ2v) is 9.90. The van der Waals surface area contributed by atoms with Crippen LogP contribution in [0.4, 0.5) is 4.79 Å². The van der Waals surface area contributed by atoms with Crippen molar-refractivity contribution in [2.24, 2.45) is 0 Å². The van der Waals surface area contributed by atoms with Gasteiger partial charge in [-0.1, -0.05) is 42.5 Å². The predicted molar refractivity (Wildman–Crippen MR) is 151 cm³/mol. The van der Waals surface area contributed by atoms with Gasteiger partial charge in [0, 0.05) is 39.8 Å². The molecule has 1 aliphatic heterocycles. The topological polar surface area (TPSA) is 91.3 Å². The highest BCUT2D eigenvalue weighted by Gasteiger charge is 2.42. The number of likely N-dealkylation sites (tertiary alicyclic amines) is 1. The predicted octanol–water partition coefficient (Wildman–Crippen LogP) is 4.46. The number of aldehydes is 1. The van der Waals surface area contributed by atoms with Crippen LogP contribution in [-0.2, 0) is 22.6 Å². The van der Waals surface area contributed by atoms with Crippen molar-refractivity contribution in [2.75, 3.05) is 40.5 Å². The highest BCUT2D eigenvalue weighted by Crippen LogP contribution is 2.30. The number of hydrogen-bond acceptors (Lipinski definition) is 6. The molecule has 4 rings (SSSR count). The monoisotopic (exact) mass is 531 g/mol. The van der Waals surface area contributed by atoms with E-state index >= 15 is 0 Å². The molecule has 0 aromatic heterocycles. The number of hydrogen-bond donors (Lipinski definition) is 2. The van der Waals surface area contributed by atoms with Crippen LogP contribution >= 0.6 is 0 Å². The van der Waals surface area contributed by atoms with Crippen molar-refractivity contribution in [3.63, 3.8) is 0 Å². The lowest BCUT2D eigenvalue weighted by atomic mass is 9.86. The summed E-state index contributed by atoms with van der Waals surface area (Å²) in [7, 11) is 3.20. The number of aromatic hydroxyl groups is 1. The number of phenols is 1. The SMILES string of the molecule is COCCN(C(=O)NCc1cccc(OC)c1)C1(C=O)CCN(Cc2cccc(-c3cccc(O)c3)c2)CC1. The zero-order valence-electron chi connectivity index (χ0n) is 22.6. The van der Waals surface area contributed by atoms with E-state index in [0.29, 0.717) is 45.6 Å². The maximum absolute atomic E-state index is 13.3. The Bertz CT molecular complexity index is 1260. The molecule has 39 heavy (non-hydrogen) atoms. The van der Waals surface area contributed by atoms with Crippen LogP contribution in [0.5, 0.6) is 11.5 Å². The number of amides is 2. The standard InChI is InChI=1S/C31H37N3O5/c1-38-17-16-34(30(37)32-21-24-6-4-11-29(19-24)39-2)31(23-35)12-14-33(15-13-31)22-25-7-3-8-26(18-25)27-9-5-10-28(36)20-27/h3-11,18-20,23,36H,12-17,21-22H2,1-2H3,(H,32,37). The van der Waals surface area contributed by atoms with Crippen molar-refractivity contribution in [1.82, 2.24) is 15.1 Å². The van der Waals surface area contributed by atoms with E-state index in [-0.39, 0.29) is 11.8 Å². The molecular formula is C31H37N3O5. The van der Waals surface area contributed by atoms with Crippen LogP contribution in [-0.4, -0.2) is 73.2 Å². The first kappa shape index (κ1) is 28.1. The van der Waals surface area contributed by atoms with E-state index in [1.807, 2.05) is 48.5 Å². The molecule has 0 atom stereocenters. The van der Waals surface area contributed by atoms with Crippen molar-refractivity contribution in [3.05, 3.63) is 83.9 Å². The molecule has 8 nitrogen and oxygen atoms in total. The number of carbonyl (C=O) groups excluding carboxylic acids is 2. The Hall–Kier alpha value is -3.88. The van der Waals surface area contributed by atoms with Gasteiger partial charge < -0.3 is 29.6 Å². The molecule has 0 saturated carbocycles. The zero-order chi connectivity index (χ0) is 27.7. The number of ether oxygens (including phenoxy) is 2. The average Bonchev–Trinajstić information content (AvgIpc) is 2.97. The van der Waals surface area contributed by atoms with Gasteiger partial charge in [0.15, 0.2) is 0 Å². The first-order chi connectivity index (χ1) is 19.0. The molecule has 3 aromatic rings. The molecule has 2 amide bonds. The van der Waals surface area contributed by atoms with E-state index in [0.717, 1.165) is 40.8 Å². The Morgan fingerprint density at radius 3 is 2.38 bits per heavy atom. The Morgan fingerprint density at radius 2 is 1.69 bits per heavy atom. The van der Waals surface area contributed by atoms with E-state index in [1.165, 1.54) is 0 Å². The van der Waals surface area contributed by atoms with Crippen LogP contribution in [0.25, 0.3) is 11.1 Å². The molecule has 0 spiro atoms. The van der Waals surface area contributed by atoms with Crippen LogP contribution in [0.3, 0.4) is 0 Å². The summed E-state index contributed by atoms with van der Waals surface area (Å²) in [6.07, 6.45) is 2.02. The number of urea groups is 1. The average molecular weight is 532 g/mol. The summed E-state index contributed by atoms with van der Waals surface area (Å²) in [5, 5.41) is 12.8. The quantitative estimate of drug-likeness (QED) is 0.355. The lowest BCUT2D eigenvalue weighted by molar-refractivity contribution is -0.120. The Morgan fingerprint density at radius 1 is 1.00 bits per heavy atom. The van der Waals surface area contributed by atoms with Crippen LogP contribution < -0.4 is 10.1 Å². The van der Waals surface area contributed by atoms with Gasteiger partial charge in [-0.3, -0.25) is 4.90 Å². The highest BCUT2D eigenvalue weighted by molar-refractivity contribution is 5.81. The lowest BCUT2D eigenvalue weighted by Gasteiger charge is -2.45. The summed E-state index contributed by atoms with van der Waals surface area (Å²) in [5.74, 6) is 0.965. The molecule has 2 N–H and O–H groups in total. The highest BCUT2D eigenvalue weighted by atomic mass is 16.5. The number of methoxy groups -OCH3 is 2. The van der Waals surface area contributed by atoms with Gasteiger partial charge in [-0.05, 0) is 65.4 Å². The van der Waals surface area contributed by atoms with Gasteiger partial charge in [0.25, 0.3) is 0 Å². The van der Waals surface area contributed by atoms with Crippen molar-refractivity contribution in [2.45, 2.75) is 31.5 Å². The Kier molecular flexibility index (Phi) is 9.57. The van der Waals surface area contributed by atoms with Crippen LogP contribution in [0, 0.1) is 0 Å². The molecule has 8 heteroatoms. The minimum atomic E-state index is -0.892. The maximum atomic E-state index is 13.3. The van der Waals surface area contributed by atoms with Crippen molar-refractivity contribution < 1.29 is 24.2 Å².